The van der Waals surface area contributed by atoms with Crippen LogP contribution in [0.4, 0.5) is 5.69 Å². The molecule has 1 aromatic rings. The molecule has 0 aliphatic carbocycles. The highest BCUT2D eigenvalue weighted by Gasteiger charge is 2.18. The minimum atomic E-state index is -4.49. The van der Waals surface area contributed by atoms with E-state index in [0.717, 1.165) is 31.7 Å². The third-order valence-electron chi connectivity index (χ3n) is 2.77. The molecular formula is C11H16N2O4S. The van der Waals surface area contributed by atoms with Crippen molar-refractivity contribution in [3.05, 3.63) is 23.8 Å². The number of aryl methyl sites for hydroxylation is 1. The normalized spacial score (nSPS) is 16.7. The maximum Gasteiger partial charge on any atom is 0.446 e. The van der Waals surface area contributed by atoms with Gasteiger partial charge in [0.2, 0.25) is 0 Å². The van der Waals surface area contributed by atoms with E-state index >= 15 is 0 Å². The summed E-state index contributed by atoms with van der Waals surface area (Å²) < 4.78 is 35.0. The standard InChI is InChI=1S/C11H16N2O4S/c1-9-2-3-11(17-18(14,15)16)10(8-9)13-6-4-12-5-7-13/h2-3,8,12H,4-7H2,1H3,(H,14,15,16). The van der Waals surface area contributed by atoms with Crippen LogP contribution in [0.5, 0.6) is 5.75 Å². The largest absolute Gasteiger partial charge is 0.446 e. The number of hydrogen-bond donors (Lipinski definition) is 2. The number of benzene rings is 1. The average molecular weight is 272 g/mol. The van der Waals surface area contributed by atoms with Crippen molar-refractivity contribution >= 4 is 16.1 Å². The number of anilines is 1. The molecule has 100 valence electrons. The van der Waals surface area contributed by atoms with Crippen LogP contribution in [-0.4, -0.2) is 39.1 Å². The summed E-state index contributed by atoms with van der Waals surface area (Å²) in [5.74, 6) is 0.157. The van der Waals surface area contributed by atoms with Crippen molar-refractivity contribution in [2.75, 3.05) is 31.1 Å². The second-order valence-corrected chi connectivity index (χ2v) is 5.24. The molecule has 2 rings (SSSR count). The van der Waals surface area contributed by atoms with Crippen LogP contribution in [0.1, 0.15) is 5.56 Å². The second kappa shape index (κ2) is 5.13. The number of piperazine rings is 1. The van der Waals surface area contributed by atoms with Crippen molar-refractivity contribution in [3.8, 4) is 5.75 Å². The first-order valence-corrected chi connectivity index (χ1v) is 7.05. The molecule has 1 aliphatic rings. The monoisotopic (exact) mass is 272 g/mol. The van der Waals surface area contributed by atoms with Crippen LogP contribution in [0.15, 0.2) is 18.2 Å². The van der Waals surface area contributed by atoms with E-state index < -0.39 is 10.4 Å². The lowest BCUT2D eigenvalue weighted by Gasteiger charge is -2.30. The van der Waals surface area contributed by atoms with Crippen molar-refractivity contribution < 1.29 is 17.2 Å². The van der Waals surface area contributed by atoms with E-state index in [-0.39, 0.29) is 5.75 Å². The molecule has 0 aromatic heterocycles. The van der Waals surface area contributed by atoms with Gasteiger partial charge in [-0.3, -0.25) is 4.55 Å². The Morgan fingerprint density at radius 1 is 1.33 bits per heavy atom. The first-order chi connectivity index (χ1) is 8.46. The van der Waals surface area contributed by atoms with Crippen molar-refractivity contribution in [1.29, 1.82) is 0 Å². The molecule has 18 heavy (non-hydrogen) atoms. The molecule has 1 aliphatic heterocycles. The van der Waals surface area contributed by atoms with Gasteiger partial charge in [-0.05, 0) is 24.6 Å². The Bertz CT molecular complexity index is 524. The molecule has 7 heteroatoms. The molecule has 1 fully saturated rings. The maximum atomic E-state index is 10.8. The molecule has 0 unspecified atom stereocenters. The summed E-state index contributed by atoms with van der Waals surface area (Å²) in [5, 5.41) is 3.22. The Labute approximate surface area is 107 Å². The maximum absolute atomic E-state index is 10.8. The number of rotatable bonds is 3. The third-order valence-corrected chi connectivity index (χ3v) is 3.16. The van der Waals surface area contributed by atoms with E-state index in [9.17, 15) is 8.42 Å². The predicted octanol–water partition coefficient (Wildman–Crippen LogP) is 0.586. The van der Waals surface area contributed by atoms with Gasteiger partial charge in [0.25, 0.3) is 0 Å². The molecule has 2 N–H and O–H groups in total. The summed E-state index contributed by atoms with van der Waals surface area (Å²) in [5.41, 5.74) is 1.69. The molecule has 0 atom stereocenters. The fourth-order valence-corrected chi connectivity index (χ4v) is 2.33. The number of nitrogens with one attached hydrogen (secondary N) is 1. The average Bonchev–Trinajstić information content (AvgIpc) is 2.31. The van der Waals surface area contributed by atoms with E-state index in [1.165, 1.54) is 0 Å². The van der Waals surface area contributed by atoms with Crippen molar-refractivity contribution in [2.45, 2.75) is 6.92 Å². The van der Waals surface area contributed by atoms with Crippen LogP contribution in [0.3, 0.4) is 0 Å². The van der Waals surface area contributed by atoms with Crippen molar-refractivity contribution in [2.24, 2.45) is 0 Å². The highest BCUT2D eigenvalue weighted by molar-refractivity contribution is 7.81. The molecule has 0 bridgehead atoms. The minimum absolute atomic E-state index is 0.157. The van der Waals surface area contributed by atoms with Gasteiger partial charge in [-0.1, -0.05) is 6.07 Å². The smallest absolute Gasteiger partial charge is 0.366 e. The minimum Gasteiger partial charge on any atom is -0.366 e. The van der Waals surface area contributed by atoms with Gasteiger partial charge in [-0.2, -0.15) is 8.42 Å². The first-order valence-electron chi connectivity index (χ1n) is 5.69. The van der Waals surface area contributed by atoms with Crippen LogP contribution < -0.4 is 14.4 Å². The number of hydrogen-bond acceptors (Lipinski definition) is 5. The molecule has 1 heterocycles. The van der Waals surface area contributed by atoms with Crippen LogP contribution in [-0.2, 0) is 10.4 Å². The quantitative estimate of drug-likeness (QED) is 0.784. The Hall–Kier alpha value is -1.31. The Morgan fingerprint density at radius 3 is 2.61 bits per heavy atom. The van der Waals surface area contributed by atoms with Crippen LogP contribution in [0, 0.1) is 6.92 Å². The summed E-state index contributed by atoms with van der Waals surface area (Å²) in [4.78, 5) is 2.03. The van der Waals surface area contributed by atoms with Crippen molar-refractivity contribution in [3.63, 3.8) is 0 Å². The van der Waals surface area contributed by atoms with Gasteiger partial charge in [-0.25, -0.2) is 0 Å². The zero-order chi connectivity index (χ0) is 13.2. The molecule has 1 aromatic carbocycles. The SMILES string of the molecule is Cc1ccc(OS(=O)(=O)O)c(N2CCNCC2)c1. The molecule has 0 radical (unpaired) electrons. The van der Waals surface area contributed by atoms with Gasteiger partial charge in [0.05, 0.1) is 5.69 Å². The van der Waals surface area contributed by atoms with Crippen molar-refractivity contribution in [1.82, 2.24) is 5.32 Å². The fraction of sp³-hybridized carbons (Fsp3) is 0.455. The lowest BCUT2D eigenvalue weighted by molar-refractivity contribution is 0.386. The topological polar surface area (TPSA) is 78.9 Å². The van der Waals surface area contributed by atoms with Gasteiger partial charge >= 0.3 is 10.4 Å². The van der Waals surface area contributed by atoms with E-state index in [1.54, 1.807) is 12.1 Å². The van der Waals surface area contributed by atoms with Crippen LogP contribution >= 0.6 is 0 Å². The molecule has 0 saturated carbocycles. The highest BCUT2D eigenvalue weighted by atomic mass is 32.3. The van der Waals surface area contributed by atoms with Gasteiger partial charge in [0, 0.05) is 26.2 Å². The summed E-state index contributed by atoms with van der Waals surface area (Å²) in [7, 11) is -4.49. The fourth-order valence-electron chi connectivity index (χ4n) is 1.96. The van der Waals surface area contributed by atoms with Crippen LogP contribution in [0.25, 0.3) is 0 Å². The van der Waals surface area contributed by atoms with E-state index in [1.807, 2.05) is 17.9 Å². The highest BCUT2D eigenvalue weighted by Crippen LogP contribution is 2.30. The predicted molar refractivity (Wildman–Crippen MR) is 68.4 cm³/mol. The van der Waals surface area contributed by atoms with E-state index in [0.29, 0.717) is 5.69 Å². The number of nitrogens with zero attached hydrogens (tertiary/aromatic N) is 1. The van der Waals surface area contributed by atoms with Crippen LogP contribution in [0.2, 0.25) is 0 Å². The third kappa shape index (κ3) is 3.34. The van der Waals surface area contributed by atoms with E-state index in [2.05, 4.69) is 9.50 Å². The Kier molecular flexibility index (Phi) is 3.74. The summed E-state index contributed by atoms with van der Waals surface area (Å²) in [6.45, 7) is 5.12. The summed E-state index contributed by atoms with van der Waals surface area (Å²) in [6.07, 6.45) is 0. The zero-order valence-electron chi connectivity index (χ0n) is 10.1. The Balaban J connectivity index is 2.33. The van der Waals surface area contributed by atoms with Gasteiger partial charge in [0.1, 0.15) is 0 Å². The molecular weight excluding hydrogens is 256 g/mol. The van der Waals surface area contributed by atoms with Gasteiger partial charge < -0.3 is 14.4 Å². The molecule has 0 spiro atoms. The molecule has 0 amide bonds. The lowest BCUT2D eigenvalue weighted by atomic mass is 10.2. The lowest BCUT2D eigenvalue weighted by Crippen LogP contribution is -2.43. The summed E-state index contributed by atoms with van der Waals surface area (Å²) >= 11 is 0. The van der Waals surface area contributed by atoms with Gasteiger partial charge in [-0.15, -0.1) is 0 Å². The summed E-state index contributed by atoms with van der Waals surface area (Å²) in [6, 6.07) is 5.15. The second-order valence-electron chi connectivity index (χ2n) is 4.22. The van der Waals surface area contributed by atoms with E-state index in [4.69, 9.17) is 4.55 Å². The first kappa shape index (κ1) is 13.1. The molecule has 1 saturated heterocycles. The molecule has 6 nitrogen and oxygen atoms in total. The van der Waals surface area contributed by atoms with Gasteiger partial charge in [0.15, 0.2) is 5.75 Å². The zero-order valence-corrected chi connectivity index (χ0v) is 10.9. The Morgan fingerprint density at radius 2 is 2.00 bits per heavy atom.